The number of hydrogen-bond acceptors (Lipinski definition) is 4. The Morgan fingerprint density at radius 3 is 2.61 bits per heavy atom. The van der Waals surface area contributed by atoms with Gasteiger partial charge in [0.25, 0.3) is 5.56 Å². The number of carbonyl (C=O) groups is 1. The number of para-hydroxylation sites is 1. The molecular weight excluding hydrogens is 444 g/mol. The van der Waals surface area contributed by atoms with Crippen LogP contribution in [0.25, 0.3) is 16.6 Å². The van der Waals surface area contributed by atoms with Gasteiger partial charge in [-0.25, -0.2) is 13.8 Å². The van der Waals surface area contributed by atoms with E-state index in [0.717, 1.165) is 52.7 Å². The summed E-state index contributed by atoms with van der Waals surface area (Å²) < 4.78 is 31.5. The van der Waals surface area contributed by atoms with E-state index in [1.165, 1.54) is 6.07 Å². The van der Waals surface area contributed by atoms with Crippen molar-refractivity contribution in [2.45, 2.75) is 37.9 Å². The number of halogens is 2. The number of carbonyl (C=O) groups excluding carboxylic acids is 1. The second-order valence-corrected chi connectivity index (χ2v) is 9.19. The smallest absolute Gasteiger partial charge is 0.266 e. The largest absolute Gasteiger partial charge is 0.345 e. The summed E-state index contributed by atoms with van der Waals surface area (Å²) in [4.78, 5) is 30.9. The molecule has 0 bridgehead atoms. The SMILES string of the molecule is Cc1cc(C(=O)CSc2nc3ccccc3c(=O)n2-c2ccc(F)cc2F)c(C)n1C1CC1. The van der Waals surface area contributed by atoms with Gasteiger partial charge in [-0.05, 0) is 57.0 Å². The van der Waals surface area contributed by atoms with Gasteiger partial charge >= 0.3 is 0 Å². The highest BCUT2D eigenvalue weighted by Crippen LogP contribution is 2.38. The van der Waals surface area contributed by atoms with Gasteiger partial charge in [0, 0.05) is 29.1 Å². The van der Waals surface area contributed by atoms with Crippen LogP contribution in [-0.2, 0) is 0 Å². The van der Waals surface area contributed by atoms with Crippen LogP contribution in [0.4, 0.5) is 8.78 Å². The van der Waals surface area contributed by atoms with E-state index in [-0.39, 0.29) is 22.4 Å². The maximum absolute atomic E-state index is 14.6. The average Bonchev–Trinajstić information content (AvgIpc) is 3.57. The van der Waals surface area contributed by atoms with E-state index >= 15 is 0 Å². The van der Waals surface area contributed by atoms with Gasteiger partial charge in [-0.15, -0.1) is 0 Å². The van der Waals surface area contributed by atoms with Crippen molar-refractivity contribution in [1.29, 1.82) is 0 Å². The van der Waals surface area contributed by atoms with E-state index in [9.17, 15) is 18.4 Å². The number of Topliss-reactive ketones (excluding diaryl/α,β-unsaturated/α-hetero) is 1. The first-order valence-corrected chi connectivity index (χ1v) is 11.7. The normalized spacial score (nSPS) is 13.6. The molecule has 0 radical (unpaired) electrons. The molecule has 1 aliphatic carbocycles. The number of benzene rings is 2. The first kappa shape index (κ1) is 21.6. The van der Waals surface area contributed by atoms with Gasteiger partial charge < -0.3 is 4.57 Å². The molecule has 1 saturated carbocycles. The number of nitrogens with zero attached hydrogens (tertiary/aromatic N) is 3. The van der Waals surface area contributed by atoms with E-state index < -0.39 is 17.2 Å². The molecule has 2 aromatic carbocycles. The van der Waals surface area contributed by atoms with Crippen molar-refractivity contribution in [1.82, 2.24) is 14.1 Å². The minimum absolute atomic E-state index is 0.0303. The second kappa shape index (κ2) is 8.26. The second-order valence-electron chi connectivity index (χ2n) is 8.25. The third kappa shape index (κ3) is 3.88. The van der Waals surface area contributed by atoms with Gasteiger partial charge in [-0.1, -0.05) is 23.9 Å². The lowest BCUT2D eigenvalue weighted by molar-refractivity contribution is 0.102. The molecule has 1 aliphatic rings. The van der Waals surface area contributed by atoms with Crippen LogP contribution in [0.15, 0.2) is 58.5 Å². The third-order valence-electron chi connectivity index (χ3n) is 5.92. The Labute approximate surface area is 193 Å². The van der Waals surface area contributed by atoms with E-state index in [4.69, 9.17) is 0 Å². The molecule has 0 N–H and O–H groups in total. The first-order valence-electron chi connectivity index (χ1n) is 10.7. The quantitative estimate of drug-likeness (QED) is 0.218. The molecule has 168 valence electrons. The Bertz CT molecular complexity index is 1470. The molecule has 0 atom stereocenters. The van der Waals surface area contributed by atoms with E-state index in [2.05, 4.69) is 9.55 Å². The summed E-state index contributed by atoms with van der Waals surface area (Å²) in [6.07, 6.45) is 2.24. The molecule has 4 aromatic rings. The highest BCUT2D eigenvalue weighted by molar-refractivity contribution is 7.99. The van der Waals surface area contributed by atoms with Crippen LogP contribution < -0.4 is 5.56 Å². The van der Waals surface area contributed by atoms with E-state index in [0.29, 0.717) is 22.5 Å². The number of aryl methyl sites for hydroxylation is 1. The van der Waals surface area contributed by atoms with Crippen LogP contribution in [0, 0.1) is 25.5 Å². The fraction of sp³-hybridized carbons (Fsp3) is 0.240. The summed E-state index contributed by atoms with van der Waals surface area (Å²) in [6.45, 7) is 3.94. The van der Waals surface area contributed by atoms with Gasteiger partial charge in [0.15, 0.2) is 10.9 Å². The molecule has 0 amide bonds. The highest BCUT2D eigenvalue weighted by Gasteiger charge is 2.28. The minimum Gasteiger partial charge on any atom is -0.345 e. The lowest BCUT2D eigenvalue weighted by Gasteiger charge is -2.14. The van der Waals surface area contributed by atoms with Crippen LogP contribution in [0.3, 0.4) is 0 Å². The number of fused-ring (bicyclic) bond motifs is 1. The predicted octanol–water partition coefficient (Wildman–Crippen LogP) is 5.39. The molecular formula is C25H21F2N3O2S. The monoisotopic (exact) mass is 465 g/mol. The van der Waals surface area contributed by atoms with Crippen molar-refractivity contribution in [2.24, 2.45) is 0 Å². The van der Waals surface area contributed by atoms with Crippen molar-refractivity contribution in [3.63, 3.8) is 0 Å². The minimum atomic E-state index is -0.879. The van der Waals surface area contributed by atoms with Crippen molar-refractivity contribution < 1.29 is 13.6 Å². The fourth-order valence-electron chi connectivity index (χ4n) is 4.25. The van der Waals surface area contributed by atoms with Crippen molar-refractivity contribution in [3.8, 4) is 5.69 Å². The zero-order valence-corrected chi connectivity index (χ0v) is 19.0. The van der Waals surface area contributed by atoms with Gasteiger partial charge in [0.05, 0.1) is 22.3 Å². The maximum atomic E-state index is 14.6. The fourth-order valence-corrected chi connectivity index (χ4v) is 5.14. The Hall–Kier alpha value is -3.26. The van der Waals surface area contributed by atoms with Crippen LogP contribution >= 0.6 is 11.8 Å². The van der Waals surface area contributed by atoms with Crippen molar-refractivity contribution in [3.05, 3.63) is 87.5 Å². The summed E-state index contributed by atoms with van der Waals surface area (Å²) in [6, 6.07) is 12.1. The molecule has 0 unspecified atom stereocenters. The Morgan fingerprint density at radius 2 is 1.88 bits per heavy atom. The van der Waals surface area contributed by atoms with E-state index in [1.807, 2.05) is 19.9 Å². The number of ketones is 1. The molecule has 8 heteroatoms. The summed E-state index contributed by atoms with van der Waals surface area (Å²) in [5.74, 6) is -1.68. The number of hydrogen-bond donors (Lipinski definition) is 0. The topological polar surface area (TPSA) is 56.9 Å². The number of thioether (sulfide) groups is 1. The number of rotatable bonds is 6. The van der Waals surface area contributed by atoms with Gasteiger partial charge in [0.1, 0.15) is 11.6 Å². The molecule has 5 nitrogen and oxygen atoms in total. The summed E-state index contributed by atoms with van der Waals surface area (Å²) in [7, 11) is 0. The maximum Gasteiger partial charge on any atom is 0.266 e. The Kier molecular flexibility index (Phi) is 5.40. The van der Waals surface area contributed by atoms with Crippen molar-refractivity contribution >= 4 is 28.4 Å². The molecule has 2 heterocycles. The van der Waals surface area contributed by atoms with Crippen LogP contribution in [0.5, 0.6) is 0 Å². The molecule has 0 spiro atoms. The lowest BCUT2D eigenvalue weighted by atomic mass is 10.2. The third-order valence-corrected chi connectivity index (χ3v) is 6.86. The molecule has 0 saturated heterocycles. The zero-order chi connectivity index (χ0) is 23.3. The van der Waals surface area contributed by atoms with E-state index in [1.54, 1.807) is 24.3 Å². The summed E-state index contributed by atoms with van der Waals surface area (Å²) in [5.41, 5.74) is 2.50. The van der Waals surface area contributed by atoms with Gasteiger partial charge in [-0.3, -0.25) is 14.2 Å². The van der Waals surface area contributed by atoms with Gasteiger partial charge in [0.2, 0.25) is 0 Å². The molecule has 2 aromatic heterocycles. The van der Waals surface area contributed by atoms with Crippen LogP contribution in [0.1, 0.15) is 40.6 Å². The molecule has 0 aliphatic heterocycles. The van der Waals surface area contributed by atoms with Gasteiger partial charge in [-0.2, -0.15) is 0 Å². The first-order chi connectivity index (χ1) is 15.8. The van der Waals surface area contributed by atoms with Crippen LogP contribution in [0.2, 0.25) is 0 Å². The highest BCUT2D eigenvalue weighted by atomic mass is 32.2. The summed E-state index contributed by atoms with van der Waals surface area (Å²) >= 11 is 1.07. The molecule has 33 heavy (non-hydrogen) atoms. The van der Waals surface area contributed by atoms with Crippen LogP contribution in [-0.4, -0.2) is 25.7 Å². The van der Waals surface area contributed by atoms with Crippen molar-refractivity contribution in [2.75, 3.05) is 5.75 Å². The standard InChI is InChI=1S/C25H21F2N3O2S/c1-14-11-19(15(2)29(14)17-8-9-17)23(31)13-33-25-28-21-6-4-3-5-18(21)24(32)30(25)22-10-7-16(26)12-20(22)27/h3-7,10-12,17H,8-9,13H2,1-2H3. The summed E-state index contributed by atoms with van der Waals surface area (Å²) in [5, 5.41) is 0.485. The Morgan fingerprint density at radius 1 is 1.12 bits per heavy atom. The lowest BCUT2D eigenvalue weighted by Crippen LogP contribution is -2.23. The Balaban J connectivity index is 1.54. The molecule has 5 rings (SSSR count). The molecule has 1 fully saturated rings. The zero-order valence-electron chi connectivity index (χ0n) is 18.1. The predicted molar refractivity (Wildman–Crippen MR) is 124 cm³/mol. The number of aromatic nitrogens is 3. The average molecular weight is 466 g/mol.